The fourth-order valence-electron chi connectivity index (χ4n) is 2.39. The number of nitrogen functional groups attached to an aromatic ring is 1. The number of hydrogen-bond donors (Lipinski definition) is 1. The largest absolute Gasteiger partial charge is 0.398 e. The second kappa shape index (κ2) is 6.31. The van der Waals surface area contributed by atoms with Gasteiger partial charge in [-0.15, -0.1) is 0 Å². The van der Waals surface area contributed by atoms with E-state index >= 15 is 0 Å². The lowest BCUT2D eigenvalue weighted by Crippen LogP contribution is -2.12. The van der Waals surface area contributed by atoms with Crippen LogP contribution < -0.4 is 5.73 Å². The number of halogens is 1. The van der Waals surface area contributed by atoms with E-state index in [0.717, 1.165) is 23.4 Å². The number of hydrogen-bond acceptors (Lipinski definition) is 3. The van der Waals surface area contributed by atoms with Crippen LogP contribution in [0.1, 0.15) is 41.2 Å². The first-order valence-electron chi connectivity index (χ1n) is 7.11. The zero-order valence-corrected chi connectivity index (χ0v) is 13.4. The summed E-state index contributed by atoms with van der Waals surface area (Å²) in [5, 5.41) is 5.05. The zero-order valence-electron chi connectivity index (χ0n) is 12.6. The van der Waals surface area contributed by atoms with Crippen molar-refractivity contribution in [1.82, 2.24) is 9.78 Å². The van der Waals surface area contributed by atoms with Crippen LogP contribution >= 0.6 is 11.6 Å². The van der Waals surface area contributed by atoms with Crippen molar-refractivity contribution >= 4 is 23.1 Å². The standard InChI is InChI=1S/C16H20ClN3O/c1-4-13-16(17)14(20(5-2)19-13)9-15(21)11-7-6-8-12(18)10(11)3/h6-8H,4-5,9,18H2,1-3H3. The van der Waals surface area contributed by atoms with E-state index in [9.17, 15) is 4.79 Å². The molecular formula is C16H20ClN3O. The minimum atomic E-state index is 0.0129. The molecule has 2 aromatic rings. The van der Waals surface area contributed by atoms with Gasteiger partial charge in [0, 0.05) is 17.8 Å². The molecule has 2 rings (SSSR count). The summed E-state index contributed by atoms with van der Waals surface area (Å²) in [7, 11) is 0. The summed E-state index contributed by atoms with van der Waals surface area (Å²) >= 11 is 6.35. The number of ketones is 1. The summed E-state index contributed by atoms with van der Waals surface area (Å²) in [6.45, 7) is 6.54. The average molecular weight is 306 g/mol. The Bertz CT molecular complexity index is 676. The molecule has 1 aromatic carbocycles. The molecule has 0 aliphatic heterocycles. The van der Waals surface area contributed by atoms with Gasteiger partial charge in [0.25, 0.3) is 0 Å². The molecule has 4 nitrogen and oxygen atoms in total. The molecule has 0 aliphatic rings. The van der Waals surface area contributed by atoms with Crippen molar-refractivity contribution in [2.75, 3.05) is 5.73 Å². The molecule has 1 heterocycles. The molecule has 0 amide bonds. The Balaban J connectivity index is 2.36. The predicted octanol–water partition coefficient (Wildman–Crippen LogP) is 3.43. The number of Topliss-reactive ketones (excluding diaryl/α,β-unsaturated/α-hetero) is 1. The fourth-order valence-corrected chi connectivity index (χ4v) is 2.72. The Hall–Kier alpha value is -1.81. The minimum absolute atomic E-state index is 0.0129. The topological polar surface area (TPSA) is 60.9 Å². The zero-order chi connectivity index (χ0) is 15.6. The lowest BCUT2D eigenvalue weighted by molar-refractivity contribution is 0.0990. The van der Waals surface area contributed by atoms with Gasteiger partial charge in [-0.2, -0.15) is 5.10 Å². The predicted molar refractivity (Wildman–Crippen MR) is 85.9 cm³/mol. The van der Waals surface area contributed by atoms with E-state index in [1.165, 1.54) is 0 Å². The molecule has 0 saturated heterocycles. The Kier molecular flexibility index (Phi) is 4.68. The van der Waals surface area contributed by atoms with Gasteiger partial charge in [-0.3, -0.25) is 9.48 Å². The first-order valence-corrected chi connectivity index (χ1v) is 7.49. The van der Waals surface area contributed by atoms with Crippen LogP contribution in [0.2, 0.25) is 5.02 Å². The van der Waals surface area contributed by atoms with Gasteiger partial charge in [-0.25, -0.2) is 0 Å². The number of anilines is 1. The Morgan fingerprint density at radius 3 is 2.71 bits per heavy atom. The molecule has 0 unspecified atom stereocenters. The summed E-state index contributed by atoms with van der Waals surface area (Å²) in [6.07, 6.45) is 0.994. The van der Waals surface area contributed by atoms with Crippen molar-refractivity contribution < 1.29 is 4.79 Å². The van der Waals surface area contributed by atoms with E-state index in [4.69, 9.17) is 17.3 Å². The molecule has 21 heavy (non-hydrogen) atoms. The van der Waals surface area contributed by atoms with E-state index in [0.29, 0.717) is 22.8 Å². The number of carbonyl (C=O) groups is 1. The third-order valence-corrected chi connectivity index (χ3v) is 4.13. The van der Waals surface area contributed by atoms with Gasteiger partial charge in [0.1, 0.15) is 0 Å². The van der Waals surface area contributed by atoms with Crippen molar-refractivity contribution in [3.8, 4) is 0 Å². The van der Waals surface area contributed by atoms with Crippen LogP contribution in [0.3, 0.4) is 0 Å². The monoisotopic (exact) mass is 305 g/mol. The van der Waals surface area contributed by atoms with Crippen molar-refractivity contribution in [3.63, 3.8) is 0 Å². The van der Waals surface area contributed by atoms with Gasteiger partial charge in [0.05, 0.1) is 22.8 Å². The molecule has 0 aliphatic carbocycles. The van der Waals surface area contributed by atoms with Gasteiger partial charge in [-0.05, 0) is 31.9 Å². The smallest absolute Gasteiger partial charge is 0.169 e. The fraction of sp³-hybridized carbons (Fsp3) is 0.375. The molecule has 2 N–H and O–H groups in total. The normalized spacial score (nSPS) is 10.9. The summed E-state index contributed by atoms with van der Waals surface area (Å²) in [4.78, 5) is 12.5. The highest BCUT2D eigenvalue weighted by Crippen LogP contribution is 2.24. The van der Waals surface area contributed by atoms with Gasteiger partial charge in [0.2, 0.25) is 0 Å². The number of benzene rings is 1. The molecule has 0 saturated carbocycles. The van der Waals surface area contributed by atoms with E-state index in [1.807, 2.05) is 20.8 Å². The number of rotatable bonds is 5. The molecule has 5 heteroatoms. The summed E-state index contributed by atoms with van der Waals surface area (Å²) in [5.74, 6) is 0.0129. The van der Waals surface area contributed by atoms with E-state index in [2.05, 4.69) is 5.10 Å². The molecule has 112 valence electrons. The second-order valence-electron chi connectivity index (χ2n) is 5.00. The summed E-state index contributed by atoms with van der Waals surface area (Å²) < 4.78 is 1.81. The third-order valence-electron chi connectivity index (χ3n) is 3.70. The highest BCUT2D eigenvalue weighted by molar-refractivity contribution is 6.32. The van der Waals surface area contributed by atoms with Gasteiger partial charge < -0.3 is 5.73 Å². The highest BCUT2D eigenvalue weighted by atomic mass is 35.5. The van der Waals surface area contributed by atoms with Crippen molar-refractivity contribution in [2.24, 2.45) is 0 Å². The molecule has 0 atom stereocenters. The van der Waals surface area contributed by atoms with Gasteiger partial charge in [-0.1, -0.05) is 30.7 Å². The van der Waals surface area contributed by atoms with Crippen LogP contribution in [0.4, 0.5) is 5.69 Å². The van der Waals surface area contributed by atoms with Crippen LogP contribution in [0.25, 0.3) is 0 Å². The average Bonchev–Trinajstić information content (AvgIpc) is 2.78. The molecule has 0 bridgehead atoms. The Morgan fingerprint density at radius 1 is 1.38 bits per heavy atom. The Labute approximate surface area is 129 Å². The number of nitrogens with zero attached hydrogens (tertiary/aromatic N) is 2. The number of aryl methyl sites for hydroxylation is 2. The van der Waals surface area contributed by atoms with Crippen LogP contribution in [-0.2, 0) is 19.4 Å². The quantitative estimate of drug-likeness (QED) is 0.680. The SMILES string of the molecule is CCc1nn(CC)c(CC(=O)c2cccc(N)c2C)c1Cl. The van der Waals surface area contributed by atoms with Crippen LogP contribution in [-0.4, -0.2) is 15.6 Å². The van der Waals surface area contributed by atoms with Crippen LogP contribution in [0.15, 0.2) is 18.2 Å². The van der Waals surface area contributed by atoms with Crippen molar-refractivity contribution in [1.29, 1.82) is 0 Å². The third kappa shape index (κ3) is 2.95. The maximum Gasteiger partial charge on any atom is 0.169 e. The van der Waals surface area contributed by atoms with E-state index < -0.39 is 0 Å². The molecule has 0 radical (unpaired) electrons. The molecule has 0 fully saturated rings. The maximum absolute atomic E-state index is 12.5. The molecular weight excluding hydrogens is 286 g/mol. The van der Waals surface area contributed by atoms with Gasteiger partial charge >= 0.3 is 0 Å². The minimum Gasteiger partial charge on any atom is -0.398 e. The van der Waals surface area contributed by atoms with Crippen molar-refractivity contribution in [2.45, 2.75) is 40.2 Å². The number of nitrogens with two attached hydrogens (primary N) is 1. The Morgan fingerprint density at radius 2 is 2.10 bits per heavy atom. The van der Waals surface area contributed by atoms with Crippen molar-refractivity contribution in [3.05, 3.63) is 45.7 Å². The van der Waals surface area contributed by atoms with Gasteiger partial charge in [0.15, 0.2) is 5.78 Å². The van der Waals surface area contributed by atoms with E-state index in [1.54, 1.807) is 22.9 Å². The summed E-state index contributed by atoms with van der Waals surface area (Å²) in [5.41, 5.74) is 9.58. The molecule has 1 aromatic heterocycles. The first kappa shape index (κ1) is 15.6. The number of carbonyl (C=O) groups excluding carboxylic acids is 1. The highest BCUT2D eigenvalue weighted by Gasteiger charge is 2.19. The summed E-state index contributed by atoms with van der Waals surface area (Å²) in [6, 6.07) is 5.39. The number of aromatic nitrogens is 2. The second-order valence-corrected chi connectivity index (χ2v) is 5.37. The van der Waals surface area contributed by atoms with Crippen LogP contribution in [0.5, 0.6) is 0 Å². The first-order chi connectivity index (χ1) is 9.99. The van der Waals surface area contributed by atoms with E-state index in [-0.39, 0.29) is 12.2 Å². The molecule has 0 spiro atoms. The maximum atomic E-state index is 12.5. The van der Waals surface area contributed by atoms with Crippen LogP contribution in [0, 0.1) is 6.92 Å². The lowest BCUT2D eigenvalue weighted by Gasteiger charge is -2.09. The lowest BCUT2D eigenvalue weighted by atomic mass is 10.00.